The van der Waals surface area contributed by atoms with Crippen molar-refractivity contribution in [1.82, 2.24) is 14.5 Å². The Morgan fingerprint density at radius 1 is 1.40 bits per heavy atom. The SMILES string of the molecule is CCN1CCCC1Cn1c(CCl)nc2cc(Cl)ccc21. The van der Waals surface area contributed by atoms with Gasteiger partial charge in [0, 0.05) is 17.6 Å². The van der Waals surface area contributed by atoms with E-state index in [1.807, 2.05) is 18.2 Å². The van der Waals surface area contributed by atoms with Crippen molar-refractivity contribution in [2.24, 2.45) is 0 Å². The van der Waals surface area contributed by atoms with Gasteiger partial charge in [-0.2, -0.15) is 0 Å². The molecule has 3 rings (SSSR count). The predicted molar refractivity (Wildman–Crippen MR) is 84.6 cm³/mol. The summed E-state index contributed by atoms with van der Waals surface area (Å²) < 4.78 is 2.26. The van der Waals surface area contributed by atoms with Crippen LogP contribution >= 0.6 is 23.2 Å². The van der Waals surface area contributed by atoms with Crippen molar-refractivity contribution in [3.8, 4) is 0 Å². The molecule has 2 heterocycles. The highest BCUT2D eigenvalue weighted by Crippen LogP contribution is 2.25. The van der Waals surface area contributed by atoms with Crippen LogP contribution in [0, 0.1) is 0 Å². The summed E-state index contributed by atoms with van der Waals surface area (Å²) in [6.45, 7) is 5.51. The number of hydrogen-bond donors (Lipinski definition) is 0. The summed E-state index contributed by atoms with van der Waals surface area (Å²) in [5.74, 6) is 1.37. The molecule has 1 aromatic heterocycles. The second-order valence-electron chi connectivity index (χ2n) is 5.33. The third-order valence-corrected chi connectivity index (χ3v) is 4.68. The fourth-order valence-corrected chi connectivity index (χ4v) is 3.56. The maximum absolute atomic E-state index is 6.07. The van der Waals surface area contributed by atoms with Gasteiger partial charge in [0.2, 0.25) is 0 Å². The van der Waals surface area contributed by atoms with Gasteiger partial charge in [-0.25, -0.2) is 4.98 Å². The van der Waals surface area contributed by atoms with Crippen LogP contribution in [-0.2, 0) is 12.4 Å². The van der Waals surface area contributed by atoms with Gasteiger partial charge in [-0.1, -0.05) is 18.5 Å². The fraction of sp³-hybridized carbons (Fsp3) is 0.533. The Balaban J connectivity index is 1.97. The Hall–Kier alpha value is -0.770. The quantitative estimate of drug-likeness (QED) is 0.798. The number of hydrogen-bond acceptors (Lipinski definition) is 2. The normalized spacial score (nSPS) is 20.1. The Kier molecular flexibility index (Phi) is 4.20. The molecule has 3 nitrogen and oxygen atoms in total. The number of nitrogens with zero attached hydrogens (tertiary/aromatic N) is 3. The molecule has 5 heteroatoms. The Morgan fingerprint density at radius 2 is 2.25 bits per heavy atom. The first-order valence-corrected chi connectivity index (χ1v) is 8.09. The van der Waals surface area contributed by atoms with Crippen LogP contribution in [0.15, 0.2) is 18.2 Å². The van der Waals surface area contributed by atoms with Crippen LogP contribution < -0.4 is 0 Å². The highest BCUT2D eigenvalue weighted by molar-refractivity contribution is 6.31. The van der Waals surface area contributed by atoms with E-state index >= 15 is 0 Å². The van der Waals surface area contributed by atoms with Crippen molar-refractivity contribution in [3.63, 3.8) is 0 Å². The van der Waals surface area contributed by atoms with E-state index in [0.717, 1.165) is 35.0 Å². The molecular weight excluding hydrogens is 293 g/mol. The van der Waals surface area contributed by atoms with Gasteiger partial charge in [-0.15, -0.1) is 11.6 Å². The highest BCUT2D eigenvalue weighted by atomic mass is 35.5. The number of likely N-dealkylation sites (N-methyl/N-ethyl adjacent to an activating group) is 1. The van der Waals surface area contributed by atoms with Crippen molar-refractivity contribution in [2.75, 3.05) is 13.1 Å². The number of likely N-dealkylation sites (tertiary alicyclic amines) is 1. The van der Waals surface area contributed by atoms with E-state index in [0.29, 0.717) is 11.9 Å². The minimum Gasteiger partial charge on any atom is -0.325 e. The van der Waals surface area contributed by atoms with Gasteiger partial charge in [-0.3, -0.25) is 4.90 Å². The average Bonchev–Trinajstić information content (AvgIpc) is 3.03. The van der Waals surface area contributed by atoms with Crippen LogP contribution in [0.25, 0.3) is 11.0 Å². The minimum absolute atomic E-state index is 0.436. The topological polar surface area (TPSA) is 21.1 Å². The van der Waals surface area contributed by atoms with E-state index in [-0.39, 0.29) is 0 Å². The number of benzene rings is 1. The molecule has 0 N–H and O–H groups in total. The molecule has 2 aromatic rings. The van der Waals surface area contributed by atoms with Gasteiger partial charge < -0.3 is 4.57 Å². The molecule has 0 saturated carbocycles. The van der Waals surface area contributed by atoms with E-state index in [2.05, 4.69) is 21.4 Å². The third-order valence-electron chi connectivity index (χ3n) is 4.21. The van der Waals surface area contributed by atoms with Crippen LogP contribution in [0.1, 0.15) is 25.6 Å². The molecule has 0 bridgehead atoms. The zero-order chi connectivity index (χ0) is 14.1. The molecule has 0 spiro atoms. The lowest BCUT2D eigenvalue weighted by atomic mass is 10.2. The summed E-state index contributed by atoms with van der Waals surface area (Å²) in [5, 5.41) is 0.722. The molecule has 1 unspecified atom stereocenters. The standard InChI is InChI=1S/C15H19Cl2N3/c1-2-19-7-3-4-12(19)10-20-14-6-5-11(17)8-13(14)18-15(20)9-16/h5-6,8,12H,2-4,7,9-10H2,1H3. The maximum atomic E-state index is 6.07. The van der Waals surface area contributed by atoms with Crippen molar-refractivity contribution >= 4 is 34.2 Å². The second-order valence-corrected chi connectivity index (χ2v) is 6.03. The van der Waals surface area contributed by atoms with Crippen LogP contribution in [-0.4, -0.2) is 33.6 Å². The van der Waals surface area contributed by atoms with Crippen LogP contribution in [0.2, 0.25) is 5.02 Å². The van der Waals surface area contributed by atoms with E-state index in [1.54, 1.807) is 0 Å². The second kappa shape index (κ2) is 5.92. The lowest BCUT2D eigenvalue weighted by Crippen LogP contribution is -2.33. The highest BCUT2D eigenvalue weighted by Gasteiger charge is 2.24. The van der Waals surface area contributed by atoms with Gasteiger partial charge in [0.05, 0.1) is 16.9 Å². The first-order chi connectivity index (χ1) is 9.72. The lowest BCUT2D eigenvalue weighted by molar-refractivity contribution is 0.245. The van der Waals surface area contributed by atoms with E-state index < -0.39 is 0 Å². The number of halogens is 2. The molecule has 1 aromatic carbocycles. The maximum Gasteiger partial charge on any atom is 0.124 e. The summed E-state index contributed by atoms with van der Waals surface area (Å²) >= 11 is 12.1. The number of fused-ring (bicyclic) bond motifs is 1. The van der Waals surface area contributed by atoms with E-state index in [1.165, 1.54) is 19.4 Å². The predicted octanol–water partition coefficient (Wildman–Crippen LogP) is 3.91. The molecule has 1 aliphatic heterocycles. The molecule has 20 heavy (non-hydrogen) atoms. The summed E-state index contributed by atoms with van der Waals surface area (Å²) in [6, 6.07) is 6.48. The van der Waals surface area contributed by atoms with Gasteiger partial charge in [0.15, 0.2) is 0 Å². The smallest absolute Gasteiger partial charge is 0.124 e. The van der Waals surface area contributed by atoms with Crippen LogP contribution in [0.4, 0.5) is 0 Å². The lowest BCUT2D eigenvalue weighted by Gasteiger charge is -2.24. The van der Waals surface area contributed by atoms with Gasteiger partial charge in [0.25, 0.3) is 0 Å². The van der Waals surface area contributed by atoms with E-state index in [4.69, 9.17) is 23.2 Å². The Bertz CT molecular complexity index is 608. The monoisotopic (exact) mass is 311 g/mol. The van der Waals surface area contributed by atoms with Gasteiger partial charge >= 0.3 is 0 Å². The van der Waals surface area contributed by atoms with Gasteiger partial charge in [0.1, 0.15) is 5.82 Å². The number of imidazole rings is 1. The van der Waals surface area contributed by atoms with Crippen molar-refractivity contribution < 1.29 is 0 Å². The summed E-state index contributed by atoms with van der Waals surface area (Å²) in [5.41, 5.74) is 2.07. The zero-order valence-electron chi connectivity index (χ0n) is 11.6. The first-order valence-electron chi connectivity index (χ1n) is 7.17. The molecule has 1 aliphatic rings. The number of aromatic nitrogens is 2. The Morgan fingerprint density at radius 3 is 3.00 bits per heavy atom. The molecule has 108 valence electrons. The number of rotatable bonds is 4. The van der Waals surface area contributed by atoms with Crippen molar-refractivity contribution in [2.45, 2.75) is 38.2 Å². The van der Waals surface area contributed by atoms with Gasteiger partial charge in [-0.05, 0) is 44.1 Å². The molecule has 0 amide bonds. The number of alkyl halides is 1. The molecule has 0 aliphatic carbocycles. The summed E-state index contributed by atoms with van der Waals surface area (Å²) in [7, 11) is 0. The fourth-order valence-electron chi connectivity index (χ4n) is 3.19. The minimum atomic E-state index is 0.436. The van der Waals surface area contributed by atoms with Crippen molar-refractivity contribution in [3.05, 3.63) is 29.0 Å². The van der Waals surface area contributed by atoms with E-state index in [9.17, 15) is 0 Å². The third kappa shape index (κ3) is 2.54. The first kappa shape index (κ1) is 14.2. The Labute approximate surface area is 129 Å². The molecular formula is C15H19Cl2N3. The van der Waals surface area contributed by atoms with Crippen LogP contribution in [0.3, 0.4) is 0 Å². The summed E-state index contributed by atoms with van der Waals surface area (Å²) in [6.07, 6.45) is 2.54. The molecule has 1 atom stereocenters. The molecule has 1 saturated heterocycles. The molecule has 0 radical (unpaired) electrons. The van der Waals surface area contributed by atoms with Crippen molar-refractivity contribution in [1.29, 1.82) is 0 Å². The molecule has 1 fully saturated rings. The van der Waals surface area contributed by atoms with Crippen LogP contribution in [0.5, 0.6) is 0 Å². The average molecular weight is 312 g/mol. The summed E-state index contributed by atoms with van der Waals surface area (Å²) in [4.78, 5) is 7.15. The largest absolute Gasteiger partial charge is 0.325 e. The zero-order valence-corrected chi connectivity index (χ0v) is 13.2.